The summed E-state index contributed by atoms with van der Waals surface area (Å²) in [5, 5.41) is 15.6. The molecule has 0 atom stereocenters. The number of fused-ring (bicyclic) bond motifs is 1. The first kappa shape index (κ1) is 19.1. The molecule has 29 heavy (non-hydrogen) atoms. The molecule has 1 N–H and O–H groups in total. The average molecular weight is 404 g/mol. The van der Waals surface area contributed by atoms with E-state index in [1.165, 1.54) is 16.8 Å². The van der Waals surface area contributed by atoms with Crippen LogP contribution in [0.3, 0.4) is 0 Å². The van der Waals surface area contributed by atoms with Gasteiger partial charge in [-0.1, -0.05) is 62.4 Å². The maximum absolute atomic E-state index is 12.6. The van der Waals surface area contributed by atoms with Gasteiger partial charge in [-0.05, 0) is 29.5 Å². The Morgan fingerprint density at radius 3 is 2.62 bits per heavy atom. The van der Waals surface area contributed by atoms with Gasteiger partial charge in [0.1, 0.15) is 17.4 Å². The van der Waals surface area contributed by atoms with Gasteiger partial charge in [-0.25, -0.2) is 0 Å². The number of para-hydroxylation sites is 1. The highest BCUT2D eigenvalue weighted by molar-refractivity contribution is 8.27. The molecular weight excluding hydrogens is 384 g/mol. The van der Waals surface area contributed by atoms with Crippen molar-refractivity contribution in [2.75, 3.05) is 0 Å². The maximum Gasteiger partial charge on any atom is 0.283 e. The second kappa shape index (κ2) is 8.05. The largest absolute Gasteiger partial charge is 0.488 e. The number of hydrogen-bond donors (Lipinski definition) is 1. The Morgan fingerprint density at radius 2 is 1.86 bits per heavy atom. The Labute approximate surface area is 173 Å². The SMILES string of the molecule is CC(C)C1=NN2C(=N)C(=Cc3ccccc3OCc3ccccc3)C(=O)N=C2S1. The fourth-order valence-corrected chi connectivity index (χ4v) is 3.75. The lowest BCUT2D eigenvalue weighted by Gasteiger charge is -2.20. The summed E-state index contributed by atoms with van der Waals surface area (Å²) < 4.78 is 5.96. The lowest BCUT2D eigenvalue weighted by Crippen LogP contribution is -2.35. The Kier molecular flexibility index (Phi) is 5.31. The fourth-order valence-electron chi connectivity index (χ4n) is 2.86. The quantitative estimate of drug-likeness (QED) is 0.742. The van der Waals surface area contributed by atoms with Crippen molar-refractivity contribution in [3.05, 3.63) is 71.3 Å². The van der Waals surface area contributed by atoms with Crippen molar-refractivity contribution in [3.63, 3.8) is 0 Å². The molecule has 1 amide bonds. The van der Waals surface area contributed by atoms with Crippen LogP contribution >= 0.6 is 11.8 Å². The van der Waals surface area contributed by atoms with Gasteiger partial charge in [0.15, 0.2) is 5.84 Å². The van der Waals surface area contributed by atoms with Gasteiger partial charge >= 0.3 is 0 Å². The first-order valence-corrected chi connectivity index (χ1v) is 10.1. The number of carbonyl (C=O) groups is 1. The minimum atomic E-state index is -0.438. The van der Waals surface area contributed by atoms with Crippen LogP contribution in [-0.2, 0) is 11.4 Å². The number of nitrogens with zero attached hydrogens (tertiary/aromatic N) is 3. The molecule has 0 spiro atoms. The minimum Gasteiger partial charge on any atom is -0.488 e. The van der Waals surface area contributed by atoms with Gasteiger partial charge in [-0.3, -0.25) is 10.2 Å². The zero-order valence-electron chi connectivity index (χ0n) is 16.1. The lowest BCUT2D eigenvalue weighted by atomic mass is 10.1. The van der Waals surface area contributed by atoms with E-state index in [4.69, 9.17) is 10.1 Å². The summed E-state index contributed by atoms with van der Waals surface area (Å²) in [4.78, 5) is 16.7. The number of amidine groups is 2. The van der Waals surface area contributed by atoms with Gasteiger partial charge in [0.05, 0.1) is 5.57 Å². The van der Waals surface area contributed by atoms with E-state index in [1.807, 2.05) is 68.4 Å². The molecule has 4 rings (SSSR count). The summed E-state index contributed by atoms with van der Waals surface area (Å²) in [6, 6.07) is 17.3. The van der Waals surface area contributed by atoms with Crippen LogP contribution in [0.15, 0.2) is 70.3 Å². The van der Waals surface area contributed by atoms with E-state index < -0.39 is 5.91 Å². The van der Waals surface area contributed by atoms with Crippen molar-refractivity contribution in [2.45, 2.75) is 20.5 Å². The molecule has 146 valence electrons. The summed E-state index contributed by atoms with van der Waals surface area (Å²) in [7, 11) is 0. The zero-order valence-corrected chi connectivity index (χ0v) is 16.9. The van der Waals surface area contributed by atoms with E-state index in [0.717, 1.165) is 16.2 Å². The Hall–Kier alpha value is -3.19. The highest BCUT2D eigenvalue weighted by Crippen LogP contribution is 2.31. The number of nitrogens with one attached hydrogen (secondary N) is 1. The number of carbonyl (C=O) groups excluding carboxylic acids is 1. The number of ether oxygens (including phenoxy) is 1. The van der Waals surface area contributed by atoms with Crippen LogP contribution in [0.25, 0.3) is 6.08 Å². The first-order valence-electron chi connectivity index (χ1n) is 9.29. The summed E-state index contributed by atoms with van der Waals surface area (Å²) in [5.41, 5.74) is 1.96. The summed E-state index contributed by atoms with van der Waals surface area (Å²) in [5.74, 6) is 0.435. The van der Waals surface area contributed by atoms with E-state index in [-0.39, 0.29) is 17.3 Å². The van der Waals surface area contributed by atoms with Crippen LogP contribution in [0.5, 0.6) is 5.75 Å². The summed E-state index contributed by atoms with van der Waals surface area (Å²) >= 11 is 1.34. The van der Waals surface area contributed by atoms with E-state index >= 15 is 0 Å². The maximum atomic E-state index is 12.6. The molecule has 0 saturated carbocycles. The molecule has 0 bridgehead atoms. The van der Waals surface area contributed by atoms with E-state index in [2.05, 4.69) is 10.1 Å². The Balaban J connectivity index is 1.61. The third kappa shape index (κ3) is 4.00. The predicted octanol–water partition coefficient (Wildman–Crippen LogP) is 4.54. The van der Waals surface area contributed by atoms with Crippen molar-refractivity contribution in [1.82, 2.24) is 5.01 Å². The molecular formula is C22H20N4O2S. The Bertz CT molecular complexity index is 1060. The van der Waals surface area contributed by atoms with Crippen molar-refractivity contribution >= 4 is 39.8 Å². The van der Waals surface area contributed by atoms with Crippen LogP contribution in [0.2, 0.25) is 0 Å². The van der Waals surface area contributed by atoms with Crippen LogP contribution < -0.4 is 4.74 Å². The number of hydrazone groups is 1. The second-order valence-electron chi connectivity index (χ2n) is 6.93. The molecule has 0 fully saturated rings. The smallest absolute Gasteiger partial charge is 0.283 e. The Morgan fingerprint density at radius 1 is 1.14 bits per heavy atom. The molecule has 2 aliphatic rings. The fraction of sp³-hybridized carbons (Fsp3) is 0.182. The molecule has 2 aromatic carbocycles. The molecule has 2 aromatic rings. The van der Waals surface area contributed by atoms with E-state index in [1.54, 1.807) is 6.08 Å². The molecule has 6 nitrogen and oxygen atoms in total. The number of thioether (sulfide) groups is 1. The molecule has 0 aliphatic carbocycles. The van der Waals surface area contributed by atoms with Crippen molar-refractivity contribution in [2.24, 2.45) is 16.0 Å². The van der Waals surface area contributed by atoms with E-state index in [0.29, 0.717) is 17.5 Å². The number of hydrogen-bond acceptors (Lipinski definition) is 5. The molecule has 2 aliphatic heterocycles. The molecule has 2 heterocycles. The summed E-state index contributed by atoms with van der Waals surface area (Å²) in [6.07, 6.45) is 1.65. The van der Waals surface area contributed by atoms with Gasteiger partial charge in [0.2, 0.25) is 5.17 Å². The van der Waals surface area contributed by atoms with Gasteiger partial charge in [0.25, 0.3) is 5.91 Å². The summed E-state index contributed by atoms with van der Waals surface area (Å²) in [6.45, 7) is 4.46. The number of aliphatic imine (C=N–C) groups is 1. The van der Waals surface area contributed by atoms with Crippen LogP contribution in [0.4, 0.5) is 0 Å². The predicted molar refractivity (Wildman–Crippen MR) is 117 cm³/mol. The molecule has 0 radical (unpaired) electrons. The molecule has 0 saturated heterocycles. The topological polar surface area (TPSA) is 78.1 Å². The monoisotopic (exact) mass is 404 g/mol. The lowest BCUT2D eigenvalue weighted by molar-refractivity contribution is -0.114. The number of benzene rings is 2. The normalized spacial score (nSPS) is 17.5. The molecule has 7 heteroatoms. The van der Waals surface area contributed by atoms with Crippen LogP contribution in [-0.4, -0.2) is 27.0 Å². The van der Waals surface area contributed by atoms with Gasteiger partial charge in [-0.15, -0.1) is 0 Å². The number of rotatable bonds is 5. The minimum absolute atomic E-state index is 0.0287. The van der Waals surface area contributed by atoms with Gasteiger partial charge in [0, 0.05) is 11.5 Å². The highest BCUT2D eigenvalue weighted by Gasteiger charge is 2.36. The van der Waals surface area contributed by atoms with Crippen molar-refractivity contribution in [1.29, 1.82) is 5.41 Å². The molecule has 0 aromatic heterocycles. The van der Waals surface area contributed by atoms with Crippen molar-refractivity contribution < 1.29 is 9.53 Å². The van der Waals surface area contributed by atoms with Crippen molar-refractivity contribution in [3.8, 4) is 5.75 Å². The second-order valence-corrected chi connectivity index (χ2v) is 7.91. The van der Waals surface area contributed by atoms with Gasteiger partial charge < -0.3 is 4.74 Å². The van der Waals surface area contributed by atoms with Gasteiger partial charge in [-0.2, -0.15) is 15.1 Å². The first-order chi connectivity index (χ1) is 14.0. The van der Waals surface area contributed by atoms with Crippen LogP contribution in [0, 0.1) is 11.3 Å². The standard InChI is InChI=1S/C22H20N4O2S/c1-14(2)21-25-26-19(23)17(20(27)24-22(26)29-21)12-16-10-6-7-11-18(16)28-13-15-8-4-3-5-9-15/h3-12,14,23H,13H2,1-2H3. The highest BCUT2D eigenvalue weighted by atomic mass is 32.2. The third-order valence-electron chi connectivity index (χ3n) is 4.42. The van der Waals surface area contributed by atoms with E-state index in [9.17, 15) is 4.79 Å². The molecule has 0 unspecified atom stereocenters. The zero-order chi connectivity index (χ0) is 20.4. The van der Waals surface area contributed by atoms with Crippen LogP contribution in [0.1, 0.15) is 25.0 Å². The third-order valence-corrected chi connectivity index (χ3v) is 5.63. The number of amides is 1. The average Bonchev–Trinajstić information content (AvgIpc) is 3.15.